The molecule has 0 radical (unpaired) electrons. The Morgan fingerprint density at radius 1 is 1.56 bits per heavy atom. The second-order valence-corrected chi connectivity index (χ2v) is 5.24. The van der Waals surface area contributed by atoms with Crippen LogP contribution < -0.4 is 15.8 Å². The van der Waals surface area contributed by atoms with E-state index >= 15 is 0 Å². The van der Waals surface area contributed by atoms with Gasteiger partial charge in [0.15, 0.2) is 0 Å². The van der Waals surface area contributed by atoms with Crippen LogP contribution in [0.2, 0.25) is 5.02 Å². The Balaban J connectivity index is 0.00000162. The van der Waals surface area contributed by atoms with Crippen LogP contribution in [0.25, 0.3) is 0 Å². The lowest BCUT2D eigenvalue weighted by atomic mass is 10.1. The van der Waals surface area contributed by atoms with Crippen molar-refractivity contribution >= 4 is 52.5 Å². The standard InChI is InChI=1S/C11H12ClIN2O2.ClH/c12-10-6-5-15-11(16)9(6)7(13)4-8(10)17-3-1-2-14;/h4H,1-3,5,14H2,(H,15,16);1H. The van der Waals surface area contributed by atoms with Gasteiger partial charge in [-0.05, 0) is 41.6 Å². The van der Waals surface area contributed by atoms with Crippen molar-refractivity contribution < 1.29 is 9.53 Å². The Hall–Kier alpha value is -0.240. The number of ether oxygens (including phenoxy) is 1. The Morgan fingerprint density at radius 3 is 2.94 bits per heavy atom. The van der Waals surface area contributed by atoms with E-state index in [0.29, 0.717) is 36.0 Å². The summed E-state index contributed by atoms with van der Waals surface area (Å²) in [7, 11) is 0. The van der Waals surface area contributed by atoms with Crippen LogP contribution in [-0.2, 0) is 6.54 Å². The molecule has 1 amide bonds. The molecule has 4 nitrogen and oxygen atoms in total. The van der Waals surface area contributed by atoms with Crippen LogP contribution >= 0.6 is 46.6 Å². The van der Waals surface area contributed by atoms with Crippen molar-refractivity contribution in [1.29, 1.82) is 0 Å². The number of halogens is 3. The Morgan fingerprint density at radius 2 is 2.28 bits per heavy atom. The van der Waals surface area contributed by atoms with E-state index in [1.165, 1.54) is 0 Å². The summed E-state index contributed by atoms with van der Waals surface area (Å²) in [6, 6.07) is 1.79. The minimum atomic E-state index is -0.0696. The highest BCUT2D eigenvalue weighted by Crippen LogP contribution is 2.36. The topological polar surface area (TPSA) is 64.3 Å². The molecule has 0 unspecified atom stereocenters. The summed E-state index contributed by atoms with van der Waals surface area (Å²) in [5, 5.41) is 3.28. The smallest absolute Gasteiger partial charge is 0.253 e. The highest BCUT2D eigenvalue weighted by molar-refractivity contribution is 14.1. The predicted octanol–water partition coefficient (Wildman–Crippen LogP) is 2.34. The number of amides is 1. The number of rotatable bonds is 4. The number of hydrogen-bond acceptors (Lipinski definition) is 3. The van der Waals surface area contributed by atoms with Gasteiger partial charge in [-0.25, -0.2) is 0 Å². The summed E-state index contributed by atoms with van der Waals surface area (Å²) in [6.45, 7) is 1.59. The Bertz CT molecular complexity index is 469. The summed E-state index contributed by atoms with van der Waals surface area (Å²) in [5.41, 5.74) is 6.89. The first-order chi connectivity index (χ1) is 8.15. The zero-order chi connectivity index (χ0) is 12.4. The number of benzene rings is 1. The molecule has 1 aliphatic heterocycles. The molecule has 0 saturated carbocycles. The van der Waals surface area contributed by atoms with Crippen LogP contribution in [0.15, 0.2) is 6.07 Å². The fraction of sp³-hybridized carbons (Fsp3) is 0.364. The molecule has 18 heavy (non-hydrogen) atoms. The third-order valence-corrected chi connectivity index (χ3v) is 3.80. The quantitative estimate of drug-likeness (QED) is 0.600. The van der Waals surface area contributed by atoms with Crippen LogP contribution in [0.3, 0.4) is 0 Å². The van der Waals surface area contributed by atoms with Gasteiger partial charge in [-0.2, -0.15) is 0 Å². The molecule has 0 aromatic heterocycles. The zero-order valence-corrected chi connectivity index (χ0v) is 13.2. The van der Waals surface area contributed by atoms with Crippen molar-refractivity contribution in [3.63, 3.8) is 0 Å². The second kappa shape index (κ2) is 6.79. The van der Waals surface area contributed by atoms with Crippen molar-refractivity contribution in [3.8, 4) is 5.75 Å². The summed E-state index contributed by atoms with van der Waals surface area (Å²) < 4.78 is 6.42. The minimum Gasteiger partial charge on any atom is -0.492 e. The number of carbonyl (C=O) groups excluding carboxylic acids is 1. The molecule has 7 heteroatoms. The van der Waals surface area contributed by atoms with Crippen LogP contribution in [0.1, 0.15) is 22.3 Å². The van der Waals surface area contributed by atoms with Gasteiger partial charge < -0.3 is 15.8 Å². The van der Waals surface area contributed by atoms with E-state index in [1.54, 1.807) is 6.07 Å². The molecule has 1 heterocycles. The summed E-state index contributed by atoms with van der Waals surface area (Å²) >= 11 is 8.34. The maximum absolute atomic E-state index is 11.6. The lowest BCUT2D eigenvalue weighted by Gasteiger charge is -2.11. The van der Waals surface area contributed by atoms with Crippen LogP contribution in [0.4, 0.5) is 0 Å². The van der Waals surface area contributed by atoms with Crippen molar-refractivity contribution in [1.82, 2.24) is 5.32 Å². The molecule has 0 fully saturated rings. The molecule has 0 saturated heterocycles. The van der Waals surface area contributed by atoms with Gasteiger partial charge >= 0.3 is 0 Å². The van der Waals surface area contributed by atoms with Crippen molar-refractivity contribution in [3.05, 3.63) is 25.8 Å². The molecule has 3 N–H and O–H groups in total. The van der Waals surface area contributed by atoms with Gasteiger partial charge in [0.2, 0.25) is 0 Å². The van der Waals surface area contributed by atoms with Gasteiger partial charge in [0.05, 0.1) is 17.2 Å². The first-order valence-electron chi connectivity index (χ1n) is 5.27. The average molecular weight is 403 g/mol. The third-order valence-electron chi connectivity index (χ3n) is 2.54. The first-order valence-corrected chi connectivity index (χ1v) is 6.72. The fourth-order valence-electron chi connectivity index (χ4n) is 1.69. The van der Waals surface area contributed by atoms with Gasteiger partial charge in [-0.1, -0.05) is 11.6 Å². The van der Waals surface area contributed by atoms with Gasteiger partial charge in [0.25, 0.3) is 5.91 Å². The van der Waals surface area contributed by atoms with Gasteiger partial charge in [0, 0.05) is 15.7 Å². The van der Waals surface area contributed by atoms with E-state index < -0.39 is 0 Å². The van der Waals surface area contributed by atoms with E-state index in [-0.39, 0.29) is 18.3 Å². The lowest BCUT2D eigenvalue weighted by Crippen LogP contribution is -2.13. The van der Waals surface area contributed by atoms with Gasteiger partial charge in [0.1, 0.15) is 5.75 Å². The van der Waals surface area contributed by atoms with Crippen molar-refractivity contribution in [2.75, 3.05) is 13.2 Å². The van der Waals surface area contributed by atoms with Crippen LogP contribution in [0, 0.1) is 3.57 Å². The van der Waals surface area contributed by atoms with E-state index in [9.17, 15) is 4.79 Å². The molecule has 1 aromatic carbocycles. The second-order valence-electron chi connectivity index (χ2n) is 3.70. The van der Waals surface area contributed by atoms with E-state index in [4.69, 9.17) is 22.1 Å². The van der Waals surface area contributed by atoms with Crippen molar-refractivity contribution in [2.45, 2.75) is 13.0 Å². The highest BCUT2D eigenvalue weighted by Gasteiger charge is 2.26. The number of carbonyl (C=O) groups is 1. The lowest BCUT2D eigenvalue weighted by molar-refractivity contribution is 0.0965. The minimum absolute atomic E-state index is 0. The van der Waals surface area contributed by atoms with E-state index in [2.05, 4.69) is 27.9 Å². The first kappa shape index (κ1) is 15.8. The maximum atomic E-state index is 11.6. The molecular formula is C11H13Cl2IN2O2. The molecule has 0 bridgehead atoms. The Kier molecular flexibility index (Phi) is 5.97. The highest BCUT2D eigenvalue weighted by atomic mass is 127. The molecular weight excluding hydrogens is 390 g/mol. The molecule has 0 atom stereocenters. The summed E-state index contributed by atoms with van der Waals surface area (Å²) in [5.74, 6) is 0.555. The summed E-state index contributed by atoms with van der Waals surface area (Å²) in [4.78, 5) is 11.6. The SMILES string of the molecule is Cl.NCCCOc1cc(I)c2c(c1Cl)CNC2=O. The zero-order valence-electron chi connectivity index (χ0n) is 9.46. The van der Waals surface area contributed by atoms with Gasteiger partial charge in [-0.3, -0.25) is 4.79 Å². The van der Waals surface area contributed by atoms with E-state index in [1.807, 2.05) is 0 Å². The average Bonchev–Trinajstić information content (AvgIpc) is 2.68. The number of hydrogen-bond donors (Lipinski definition) is 2. The fourth-order valence-corrected chi connectivity index (χ4v) is 2.82. The van der Waals surface area contributed by atoms with E-state index in [0.717, 1.165) is 15.6 Å². The van der Waals surface area contributed by atoms with Gasteiger partial charge in [-0.15, -0.1) is 12.4 Å². The maximum Gasteiger partial charge on any atom is 0.253 e. The molecule has 1 aromatic rings. The third kappa shape index (κ3) is 3.01. The molecule has 100 valence electrons. The number of nitrogens with one attached hydrogen (secondary N) is 1. The largest absolute Gasteiger partial charge is 0.492 e. The monoisotopic (exact) mass is 402 g/mol. The van der Waals surface area contributed by atoms with Crippen LogP contribution in [-0.4, -0.2) is 19.1 Å². The number of fused-ring (bicyclic) bond motifs is 1. The molecule has 0 aliphatic carbocycles. The molecule has 1 aliphatic rings. The number of nitrogens with two attached hydrogens (primary N) is 1. The molecule has 2 rings (SSSR count). The molecule has 0 spiro atoms. The predicted molar refractivity (Wildman–Crippen MR) is 81.8 cm³/mol. The van der Waals surface area contributed by atoms with Crippen molar-refractivity contribution in [2.24, 2.45) is 5.73 Å². The summed E-state index contributed by atoms with van der Waals surface area (Å²) in [6.07, 6.45) is 0.779. The van der Waals surface area contributed by atoms with Crippen LogP contribution in [0.5, 0.6) is 5.75 Å². The normalized spacial score (nSPS) is 12.7. The Labute approximate surface area is 130 Å².